The first-order valence-electron chi connectivity index (χ1n) is 7.67. The van der Waals surface area contributed by atoms with Crippen molar-refractivity contribution >= 4 is 21.6 Å². The van der Waals surface area contributed by atoms with Crippen LogP contribution in [-0.4, -0.2) is 45.7 Å². The summed E-state index contributed by atoms with van der Waals surface area (Å²) in [6, 6.07) is 5.02. The van der Waals surface area contributed by atoms with Crippen LogP contribution in [0.4, 0.5) is 10.5 Å². The third kappa shape index (κ3) is 4.07. The van der Waals surface area contributed by atoms with Crippen molar-refractivity contribution in [3.63, 3.8) is 0 Å². The van der Waals surface area contributed by atoms with Crippen molar-refractivity contribution in [2.24, 2.45) is 5.92 Å². The number of ether oxygens (including phenoxy) is 2. The molecular formula is C15H20N2O5S. The predicted molar refractivity (Wildman–Crippen MR) is 85.8 cm³/mol. The zero-order valence-electron chi connectivity index (χ0n) is 12.7. The van der Waals surface area contributed by atoms with Gasteiger partial charge in [0.1, 0.15) is 0 Å². The second-order valence-corrected chi connectivity index (χ2v) is 7.95. The number of hydrogen-bond donors (Lipinski definition) is 2. The number of carbonyl (C=O) groups is 1. The quantitative estimate of drug-likeness (QED) is 0.864. The van der Waals surface area contributed by atoms with Crippen molar-refractivity contribution in [2.45, 2.75) is 12.8 Å². The van der Waals surface area contributed by atoms with Gasteiger partial charge in [0.25, 0.3) is 0 Å². The molecule has 126 valence electrons. The molecule has 2 aliphatic rings. The molecule has 8 heteroatoms. The summed E-state index contributed by atoms with van der Waals surface area (Å²) in [5, 5.41) is 5.49. The second-order valence-electron chi connectivity index (χ2n) is 5.80. The second kappa shape index (κ2) is 6.66. The summed E-state index contributed by atoms with van der Waals surface area (Å²) < 4.78 is 33.4. The van der Waals surface area contributed by atoms with E-state index in [1.807, 2.05) is 0 Å². The molecule has 0 unspecified atom stereocenters. The number of carbonyl (C=O) groups excluding carboxylic acids is 1. The van der Waals surface area contributed by atoms with E-state index in [0.29, 0.717) is 43.4 Å². The van der Waals surface area contributed by atoms with Crippen molar-refractivity contribution in [3.8, 4) is 11.5 Å². The summed E-state index contributed by atoms with van der Waals surface area (Å²) in [5.74, 6) is 1.79. The van der Waals surface area contributed by atoms with E-state index in [-0.39, 0.29) is 23.5 Å². The van der Waals surface area contributed by atoms with Crippen LogP contribution in [0.3, 0.4) is 0 Å². The zero-order chi connectivity index (χ0) is 16.3. The SMILES string of the molecule is O=C(NCCC1CS(=O)(=O)C1)Nc1cccc2c1OCCCO2. The molecule has 23 heavy (non-hydrogen) atoms. The Kier molecular flexibility index (Phi) is 4.61. The molecule has 0 radical (unpaired) electrons. The van der Waals surface area contributed by atoms with E-state index < -0.39 is 9.84 Å². The summed E-state index contributed by atoms with van der Waals surface area (Å²) in [6.45, 7) is 1.58. The smallest absolute Gasteiger partial charge is 0.319 e. The normalized spacial score (nSPS) is 19.3. The predicted octanol–water partition coefficient (Wildman–Crippen LogP) is 1.40. The summed E-state index contributed by atoms with van der Waals surface area (Å²) >= 11 is 0. The lowest BCUT2D eigenvalue weighted by atomic mass is 10.1. The van der Waals surface area contributed by atoms with Crippen molar-refractivity contribution in [3.05, 3.63) is 18.2 Å². The van der Waals surface area contributed by atoms with E-state index in [2.05, 4.69) is 10.6 Å². The fraction of sp³-hybridized carbons (Fsp3) is 0.533. The molecule has 0 saturated carbocycles. The molecule has 1 aromatic carbocycles. The maximum Gasteiger partial charge on any atom is 0.319 e. The number of benzene rings is 1. The molecule has 7 nitrogen and oxygen atoms in total. The van der Waals surface area contributed by atoms with Gasteiger partial charge in [0.2, 0.25) is 0 Å². The number of rotatable bonds is 4. The fourth-order valence-corrected chi connectivity index (χ4v) is 4.36. The largest absolute Gasteiger partial charge is 0.489 e. The molecule has 0 spiro atoms. The zero-order valence-corrected chi connectivity index (χ0v) is 13.5. The Morgan fingerprint density at radius 3 is 2.78 bits per heavy atom. The molecule has 0 bridgehead atoms. The van der Waals surface area contributed by atoms with Crippen molar-refractivity contribution < 1.29 is 22.7 Å². The highest BCUT2D eigenvalue weighted by atomic mass is 32.2. The third-order valence-corrected chi connectivity index (χ3v) is 5.80. The van der Waals surface area contributed by atoms with Gasteiger partial charge in [-0.25, -0.2) is 13.2 Å². The molecule has 1 aromatic rings. The average Bonchev–Trinajstić information content (AvgIpc) is 2.71. The summed E-state index contributed by atoms with van der Waals surface area (Å²) in [4.78, 5) is 12.0. The minimum absolute atomic E-state index is 0.157. The third-order valence-electron chi connectivity index (χ3n) is 3.84. The first-order valence-corrected chi connectivity index (χ1v) is 9.49. The van der Waals surface area contributed by atoms with Gasteiger partial charge in [-0.3, -0.25) is 0 Å². The maximum absolute atomic E-state index is 12.0. The number of nitrogens with one attached hydrogen (secondary N) is 2. The summed E-state index contributed by atoms with van der Waals surface area (Å²) in [6.07, 6.45) is 1.46. The Hall–Kier alpha value is -1.96. The van der Waals surface area contributed by atoms with Crippen molar-refractivity contribution in [2.75, 3.05) is 36.6 Å². The highest BCUT2D eigenvalue weighted by molar-refractivity contribution is 7.92. The lowest BCUT2D eigenvalue weighted by Gasteiger charge is -2.25. The number of hydrogen-bond acceptors (Lipinski definition) is 5. The molecule has 2 amide bonds. The van der Waals surface area contributed by atoms with E-state index in [4.69, 9.17) is 9.47 Å². The number of anilines is 1. The van der Waals surface area contributed by atoms with Crippen LogP contribution in [-0.2, 0) is 9.84 Å². The minimum Gasteiger partial charge on any atom is -0.489 e. The number of amides is 2. The van der Waals surface area contributed by atoms with E-state index in [0.717, 1.165) is 6.42 Å². The summed E-state index contributed by atoms with van der Waals surface area (Å²) in [7, 11) is -2.80. The molecule has 0 aromatic heterocycles. The lowest BCUT2D eigenvalue weighted by molar-refractivity contribution is 0.251. The topological polar surface area (TPSA) is 93.7 Å². The molecule has 2 N–H and O–H groups in total. The van der Waals surface area contributed by atoms with Crippen molar-refractivity contribution in [1.29, 1.82) is 0 Å². The molecular weight excluding hydrogens is 320 g/mol. The van der Waals surface area contributed by atoms with E-state index in [1.54, 1.807) is 18.2 Å². The van der Waals surface area contributed by atoms with E-state index >= 15 is 0 Å². The van der Waals surface area contributed by atoms with Crippen LogP contribution in [0, 0.1) is 5.92 Å². The van der Waals surface area contributed by atoms with Gasteiger partial charge in [-0.2, -0.15) is 0 Å². The molecule has 2 aliphatic heterocycles. The first-order chi connectivity index (χ1) is 11.0. The highest BCUT2D eigenvalue weighted by Gasteiger charge is 2.32. The van der Waals surface area contributed by atoms with Crippen LogP contribution < -0.4 is 20.1 Å². The van der Waals surface area contributed by atoms with Gasteiger partial charge in [-0.05, 0) is 24.5 Å². The molecule has 0 atom stereocenters. The van der Waals surface area contributed by atoms with Gasteiger partial charge in [-0.15, -0.1) is 0 Å². The standard InChI is InChI=1S/C15H20N2O5S/c18-15(16-6-5-11-9-23(19,20)10-11)17-12-3-1-4-13-14(12)22-8-2-7-21-13/h1,3-4,11H,2,5-10H2,(H2,16,17,18). The highest BCUT2D eigenvalue weighted by Crippen LogP contribution is 2.36. The lowest BCUT2D eigenvalue weighted by Crippen LogP contribution is -2.39. The van der Waals surface area contributed by atoms with Gasteiger partial charge in [0, 0.05) is 13.0 Å². The van der Waals surface area contributed by atoms with Gasteiger partial charge in [0.05, 0.1) is 30.4 Å². The Morgan fingerprint density at radius 1 is 1.22 bits per heavy atom. The Balaban J connectivity index is 1.50. The molecule has 0 aliphatic carbocycles. The Morgan fingerprint density at radius 2 is 2.00 bits per heavy atom. The van der Waals surface area contributed by atoms with Gasteiger partial charge in [0.15, 0.2) is 21.3 Å². The van der Waals surface area contributed by atoms with Crippen LogP contribution in [0.5, 0.6) is 11.5 Å². The van der Waals surface area contributed by atoms with E-state index in [9.17, 15) is 13.2 Å². The number of sulfone groups is 1. The Bertz CT molecular complexity index is 677. The van der Waals surface area contributed by atoms with E-state index in [1.165, 1.54) is 0 Å². The number of para-hydroxylation sites is 1. The van der Waals surface area contributed by atoms with Crippen LogP contribution in [0.2, 0.25) is 0 Å². The summed E-state index contributed by atoms with van der Waals surface area (Å²) in [5.41, 5.74) is 0.563. The molecule has 3 rings (SSSR count). The molecule has 1 fully saturated rings. The number of fused-ring (bicyclic) bond motifs is 1. The average molecular weight is 340 g/mol. The van der Waals surface area contributed by atoms with Crippen LogP contribution >= 0.6 is 0 Å². The van der Waals surface area contributed by atoms with Gasteiger partial charge >= 0.3 is 6.03 Å². The maximum atomic E-state index is 12.0. The van der Waals surface area contributed by atoms with Crippen LogP contribution in [0.25, 0.3) is 0 Å². The first kappa shape index (κ1) is 15.9. The molecule has 1 saturated heterocycles. The number of urea groups is 1. The van der Waals surface area contributed by atoms with Gasteiger partial charge < -0.3 is 20.1 Å². The van der Waals surface area contributed by atoms with Crippen molar-refractivity contribution in [1.82, 2.24) is 5.32 Å². The molecule has 2 heterocycles. The monoisotopic (exact) mass is 340 g/mol. The fourth-order valence-electron chi connectivity index (χ4n) is 2.68. The Labute approximate surface area is 135 Å². The van der Waals surface area contributed by atoms with Crippen LogP contribution in [0.1, 0.15) is 12.8 Å². The van der Waals surface area contributed by atoms with Gasteiger partial charge in [-0.1, -0.05) is 6.07 Å². The minimum atomic E-state index is -2.80. The van der Waals surface area contributed by atoms with Crippen LogP contribution in [0.15, 0.2) is 18.2 Å².